The first-order valence-corrected chi connectivity index (χ1v) is 13.7. The third-order valence-electron chi connectivity index (χ3n) is 9.12. The summed E-state index contributed by atoms with van der Waals surface area (Å²) in [5, 5.41) is 4.38. The Morgan fingerprint density at radius 1 is 1.08 bits per heavy atom. The van der Waals surface area contributed by atoms with E-state index in [2.05, 4.69) is 5.32 Å². The van der Waals surface area contributed by atoms with Gasteiger partial charge in [-0.15, -0.1) is 0 Å². The van der Waals surface area contributed by atoms with Gasteiger partial charge in [0.25, 0.3) is 5.91 Å². The number of nitrogens with one attached hydrogen (secondary N) is 1. The van der Waals surface area contributed by atoms with Gasteiger partial charge in [0.1, 0.15) is 0 Å². The van der Waals surface area contributed by atoms with Crippen LogP contribution in [0.5, 0.6) is 5.75 Å². The number of rotatable bonds is 7. The minimum absolute atomic E-state index is 0.225. The number of nitrogens with zero attached hydrogens (tertiary/aromatic N) is 2. The van der Waals surface area contributed by atoms with Crippen molar-refractivity contribution in [3.63, 3.8) is 0 Å². The highest BCUT2D eigenvalue weighted by molar-refractivity contribution is 6.31. The third-order valence-corrected chi connectivity index (χ3v) is 9.49. The maximum absolute atomic E-state index is 14.0. The number of hydrogen-bond acceptors (Lipinski definition) is 5. The molecule has 2 atom stereocenters. The Morgan fingerprint density at radius 2 is 1.79 bits per heavy atom. The second-order valence-corrected chi connectivity index (χ2v) is 11.5. The van der Waals surface area contributed by atoms with Crippen LogP contribution >= 0.6 is 11.6 Å². The zero-order valence-electron chi connectivity index (χ0n) is 23.0. The van der Waals surface area contributed by atoms with Gasteiger partial charge in [-0.25, -0.2) is 4.79 Å². The molecule has 1 aromatic heterocycles. The first-order chi connectivity index (χ1) is 18.5. The summed E-state index contributed by atoms with van der Waals surface area (Å²) < 4.78 is 13.6. The van der Waals surface area contributed by atoms with Crippen LogP contribution in [0.25, 0.3) is 10.9 Å². The number of halogens is 1. The first-order valence-electron chi connectivity index (χ1n) is 13.4. The molecule has 0 radical (unpaired) electrons. The fourth-order valence-corrected chi connectivity index (χ4v) is 6.21. The van der Waals surface area contributed by atoms with Crippen molar-refractivity contribution >= 4 is 46.2 Å². The molecule has 5 rings (SSSR count). The van der Waals surface area contributed by atoms with Gasteiger partial charge < -0.3 is 24.3 Å². The maximum Gasteiger partial charge on any atom is 0.415 e. The topological polar surface area (TPSA) is 89.9 Å². The van der Waals surface area contributed by atoms with E-state index >= 15 is 0 Å². The summed E-state index contributed by atoms with van der Waals surface area (Å²) >= 11 is 6.42. The predicted octanol–water partition coefficient (Wildman–Crippen LogP) is 6.24. The lowest BCUT2D eigenvalue weighted by atomic mass is 9.66. The van der Waals surface area contributed by atoms with Gasteiger partial charge in [-0.2, -0.15) is 0 Å². The van der Waals surface area contributed by atoms with E-state index in [9.17, 15) is 14.4 Å². The lowest BCUT2D eigenvalue weighted by Crippen LogP contribution is -2.50. The molecule has 206 valence electrons. The fourth-order valence-electron chi connectivity index (χ4n) is 6.02. The van der Waals surface area contributed by atoms with Crippen LogP contribution in [0.15, 0.2) is 48.7 Å². The zero-order valence-corrected chi connectivity index (χ0v) is 23.7. The van der Waals surface area contributed by atoms with E-state index < -0.39 is 28.4 Å². The molecule has 2 aromatic carbocycles. The van der Waals surface area contributed by atoms with Crippen molar-refractivity contribution in [2.24, 2.45) is 10.8 Å². The molecule has 0 spiro atoms. The molecule has 1 aliphatic heterocycles. The van der Waals surface area contributed by atoms with E-state index in [0.29, 0.717) is 48.6 Å². The number of anilines is 1. The molecule has 9 heteroatoms. The molecule has 1 aliphatic carbocycles. The minimum Gasteiger partial charge on any atom is -0.448 e. The molecule has 2 bridgehead atoms. The van der Waals surface area contributed by atoms with Crippen molar-refractivity contribution in [1.29, 1.82) is 0 Å². The van der Waals surface area contributed by atoms with E-state index in [1.165, 1.54) is 0 Å². The van der Waals surface area contributed by atoms with Crippen molar-refractivity contribution in [2.45, 2.75) is 59.6 Å². The van der Waals surface area contributed by atoms with Crippen molar-refractivity contribution in [2.75, 3.05) is 18.4 Å². The van der Waals surface area contributed by atoms with Gasteiger partial charge in [-0.3, -0.25) is 9.59 Å². The van der Waals surface area contributed by atoms with Crippen LogP contribution in [0.3, 0.4) is 0 Å². The summed E-state index contributed by atoms with van der Waals surface area (Å²) in [6.07, 6.45) is 2.38. The van der Waals surface area contributed by atoms with Gasteiger partial charge in [-0.1, -0.05) is 43.6 Å². The molecule has 39 heavy (non-hydrogen) atoms. The number of aromatic nitrogens is 1. The van der Waals surface area contributed by atoms with E-state index in [-0.39, 0.29) is 11.7 Å². The lowest BCUT2D eigenvalue weighted by molar-refractivity contribution is -0.165. The number of ether oxygens (including phenoxy) is 2. The summed E-state index contributed by atoms with van der Waals surface area (Å²) in [5.74, 6) is -0.553. The maximum atomic E-state index is 14.0. The van der Waals surface area contributed by atoms with Gasteiger partial charge in [0.05, 0.1) is 16.6 Å². The highest BCUT2D eigenvalue weighted by atomic mass is 35.5. The van der Waals surface area contributed by atoms with Crippen LogP contribution < -0.4 is 10.1 Å². The molecular formula is C30H34ClN3O5. The quantitative estimate of drug-likeness (QED) is 0.351. The van der Waals surface area contributed by atoms with Gasteiger partial charge in [0.15, 0.2) is 11.4 Å². The van der Waals surface area contributed by atoms with Gasteiger partial charge in [0, 0.05) is 41.7 Å². The number of amides is 2. The van der Waals surface area contributed by atoms with Crippen LogP contribution in [0.1, 0.15) is 53.0 Å². The van der Waals surface area contributed by atoms with Crippen molar-refractivity contribution < 1.29 is 23.9 Å². The zero-order chi connectivity index (χ0) is 28.2. The van der Waals surface area contributed by atoms with Crippen LogP contribution in [-0.4, -0.2) is 46.1 Å². The molecular weight excluding hydrogens is 518 g/mol. The average Bonchev–Trinajstić information content (AvgIpc) is 3.44. The number of carbonyl (C=O) groups is 3. The second-order valence-electron chi connectivity index (χ2n) is 11.1. The van der Waals surface area contributed by atoms with E-state index in [0.717, 1.165) is 11.1 Å². The van der Waals surface area contributed by atoms with Crippen LogP contribution in [-0.2, 0) is 20.9 Å². The number of carbonyl (C=O) groups excluding carboxylic acids is 3. The molecule has 2 heterocycles. The summed E-state index contributed by atoms with van der Waals surface area (Å²) in [6, 6.07) is 13.0. The molecule has 2 aliphatic rings. The minimum atomic E-state index is -1.32. The Morgan fingerprint density at radius 3 is 2.41 bits per heavy atom. The Hall–Kier alpha value is -3.52. The van der Waals surface area contributed by atoms with Crippen molar-refractivity contribution in [3.05, 3.63) is 59.2 Å². The predicted molar refractivity (Wildman–Crippen MR) is 150 cm³/mol. The number of hydrogen-bond donors (Lipinski definition) is 1. The number of benzene rings is 2. The van der Waals surface area contributed by atoms with E-state index in [4.69, 9.17) is 21.1 Å². The Labute approximate surface area is 233 Å². The van der Waals surface area contributed by atoms with Crippen molar-refractivity contribution in [1.82, 2.24) is 9.47 Å². The molecule has 2 fully saturated rings. The SMILES string of the molecule is CCN(CC)C(=O)Oc1ccc2c(ccn2Cc2ccccc2Cl)c1NC(=O)C12CC[C@@](C)(C(=O)O1)C2(C)C. The molecule has 2 amide bonds. The summed E-state index contributed by atoms with van der Waals surface area (Å²) in [4.78, 5) is 41.3. The van der Waals surface area contributed by atoms with Gasteiger partial charge in [0.2, 0.25) is 0 Å². The van der Waals surface area contributed by atoms with Crippen LogP contribution in [0.2, 0.25) is 5.02 Å². The van der Waals surface area contributed by atoms with Crippen LogP contribution in [0, 0.1) is 10.8 Å². The summed E-state index contributed by atoms with van der Waals surface area (Å²) in [6.45, 7) is 10.9. The average molecular weight is 552 g/mol. The van der Waals surface area contributed by atoms with Gasteiger partial charge >= 0.3 is 12.1 Å². The van der Waals surface area contributed by atoms with Gasteiger partial charge in [-0.05, 0) is 63.4 Å². The molecule has 1 unspecified atom stereocenters. The molecule has 8 nitrogen and oxygen atoms in total. The molecule has 3 aromatic rings. The third kappa shape index (κ3) is 3.99. The summed E-state index contributed by atoms with van der Waals surface area (Å²) in [5.41, 5.74) is -0.651. The van der Waals surface area contributed by atoms with Crippen LogP contribution in [0.4, 0.5) is 10.5 Å². The molecule has 1 saturated heterocycles. The standard InChI is InChI=1S/C30H34ClN3O5/c1-6-33(7-2)27(37)38-23-13-12-22-20(14-17-34(22)18-19-10-8-9-11-21(19)31)24(23)32-25(35)30-16-15-29(5,26(36)39-30)28(30,3)4/h8-14,17H,6-7,15-16,18H2,1-5H3,(H,32,35)/t29-,30?/m0/s1. The normalized spacial score (nSPS) is 23.1. The van der Waals surface area contributed by atoms with Crippen molar-refractivity contribution in [3.8, 4) is 5.75 Å². The fraction of sp³-hybridized carbons (Fsp3) is 0.433. The lowest BCUT2D eigenvalue weighted by Gasteiger charge is -2.35. The first kappa shape index (κ1) is 27.1. The Balaban J connectivity index is 1.57. The molecule has 1 saturated carbocycles. The summed E-state index contributed by atoms with van der Waals surface area (Å²) in [7, 11) is 0. The number of fused-ring (bicyclic) bond motifs is 3. The monoisotopic (exact) mass is 551 g/mol. The number of esters is 1. The van der Waals surface area contributed by atoms with E-state index in [1.54, 1.807) is 11.0 Å². The molecule has 1 N–H and O–H groups in total. The second kappa shape index (κ2) is 9.59. The Kier molecular flexibility index (Phi) is 6.66. The highest BCUT2D eigenvalue weighted by Crippen LogP contribution is 2.65. The largest absolute Gasteiger partial charge is 0.448 e. The smallest absolute Gasteiger partial charge is 0.415 e. The highest BCUT2D eigenvalue weighted by Gasteiger charge is 2.75. The van der Waals surface area contributed by atoms with E-state index in [1.807, 2.05) is 81.8 Å². The Bertz CT molecular complexity index is 1480.